The third-order valence-electron chi connectivity index (χ3n) is 5.65. The molecule has 0 unspecified atom stereocenters. The smallest absolute Gasteiger partial charge is 0.231 e. The Balaban J connectivity index is 1.35. The van der Waals surface area contributed by atoms with Gasteiger partial charge in [0.15, 0.2) is 11.5 Å². The van der Waals surface area contributed by atoms with Gasteiger partial charge in [0.2, 0.25) is 12.7 Å². The number of hydrogen-bond acceptors (Lipinski definition) is 4. The quantitative estimate of drug-likeness (QED) is 0.448. The molecule has 1 N–H and O–H groups in total. The van der Waals surface area contributed by atoms with Crippen LogP contribution >= 0.6 is 0 Å². The summed E-state index contributed by atoms with van der Waals surface area (Å²) in [7, 11) is 0. The number of aromatic nitrogens is 2. The Morgan fingerprint density at radius 3 is 2.70 bits per heavy atom. The second-order valence-corrected chi connectivity index (χ2v) is 8.12. The highest BCUT2D eigenvalue weighted by Gasteiger charge is 2.18. The van der Waals surface area contributed by atoms with Gasteiger partial charge in [-0.15, -0.1) is 0 Å². The van der Waals surface area contributed by atoms with Gasteiger partial charge in [0, 0.05) is 24.7 Å². The van der Waals surface area contributed by atoms with E-state index >= 15 is 0 Å². The Kier molecular flexibility index (Phi) is 5.81. The zero-order valence-corrected chi connectivity index (χ0v) is 18.5. The fourth-order valence-electron chi connectivity index (χ4n) is 3.95. The second-order valence-electron chi connectivity index (χ2n) is 8.12. The van der Waals surface area contributed by atoms with Crippen molar-refractivity contribution in [2.45, 2.75) is 26.3 Å². The van der Waals surface area contributed by atoms with E-state index in [9.17, 15) is 4.79 Å². The van der Waals surface area contributed by atoms with Crippen molar-refractivity contribution in [1.29, 1.82) is 0 Å². The third-order valence-corrected chi connectivity index (χ3v) is 5.65. The molecular formula is C27H25N3O3. The lowest BCUT2D eigenvalue weighted by Crippen LogP contribution is -2.23. The lowest BCUT2D eigenvalue weighted by atomic mass is 10.0. The third kappa shape index (κ3) is 4.75. The van der Waals surface area contributed by atoms with Crippen molar-refractivity contribution in [1.82, 2.24) is 15.1 Å². The van der Waals surface area contributed by atoms with Crippen LogP contribution in [0.4, 0.5) is 0 Å². The molecule has 0 aliphatic carbocycles. The minimum absolute atomic E-state index is 0.0144. The number of nitrogens with one attached hydrogen (secondary N) is 1. The van der Waals surface area contributed by atoms with Crippen molar-refractivity contribution in [2.24, 2.45) is 0 Å². The molecule has 0 radical (unpaired) electrons. The van der Waals surface area contributed by atoms with Crippen molar-refractivity contribution >= 4 is 5.91 Å². The number of carbonyl (C=O) groups is 1. The van der Waals surface area contributed by atoms with Crippen molar-refractivity contribution in [3.05, 3.63) is 95.7 Å². The molecule has 0 fully saturated rings. The van der Waals surface area contributed by atoms with Gasteiger partial charge in [0.25, 0.3) is 0 Å². The molecule has 3 aromatic carbocycles. The van der Waals surface area contributed by atoms with E-state index in [0.717, 1.165) is 33.8 Å². The van der Waals surface area contributed by atoms with E-state index < -0.39 is 0 Å². The molecule has 33 heavy (non-hydrogen) atoms. The first-order valence-corrected chi connectivity index (χ1v) is 11.0. The summed E-state index contributed by atoms with van der Waals surface area (Å²) in [6, 6.07) is 23.9. The molecule has 4 aromatic rings. The fourth-order valence-corrected chi connectivity index (χ4v) is 3.95. The van der Waals surface area contributed by atoms with E-state index in [2.05, 4.69) is 11.4 Å². The number of para-hydroxylation sites is 1. The molecule has 6 nitrogen and oxygen atoms in total. The molecule has 1 aliphatic rings. The van der Waals surface area contributed by atoms with Gasteiger partial charge in [0.05, 0.1) is 11.4 Å². The lowest BCUT2D eigenvalue weighted by molar-refractivity contribution is -0.121. The molecular weight excluding hydrogens is 414 g/mol. The predicted octanol–water partition coefficient (Wildman–Crippen LogP) is 4.83. The van der Waals surface area contributed by atoms with E-state index in [4.69, 9.17) is 14.6 Å². The first-order chi connectivity index (χ1) is 16.2. The van der Waals surface area contributed by atoms with Crippen molar-refractivity contribution < 1.29 is 14.3 Å². The summed E-state index contributed by atoms with van der Waals surface area (Å²) in [6.45, 7) is 2.80. The molecule has 0 spiro atoms. The summed E-state index contributed by atoms with van der Waals surface area (Å²) in [5.41, 5.74) is 6.02. The van der Waals surface area contributed by atoms with Gasteiger partial charge < -0.3 is 14.8 Å². The van der Waals surface area contributed by atoms with Gasteiger partial charge in [-0.05, 0) is 54.8 Å². The van der Waals surface area contributed by atoms with Crippen LogP contribution in [-0.4, -0.2) is 22.5 Å². The van der Waals surface area contributed by atoms with Crippen LogP contribution in [0.2, 0.25) is 0 Å². The lowest BCUT2D eigenvalue weighted by Gasteiger charge is -2.07. The molecule has 5 rings (SSSR count). The number of fused-ring (bicyclic) bond motifs is 1. The summed E-state index contributed by atoms with van der Waals surface area (Å²) in [4.78, 5) is 12.6. The first kappa shape index (κ1) is 20.8. The molecule has 0 atom stereocenters. The normalized spacial score (nSPS) is 12.0. The molecule has 0 bridgehead atoms. The van der Waals surface area contributed by atoms with Crippen molar-refractivity contribution in [2.75, 3.05) is 6.79 Å². The number of hydrogen-bond donors (Lipinski definition) is 1. The molecule has 166 valence electrons. The number of rotatable bonds is 7. The standard InChI is InChI=1S/C27H25N3O3/c1-19-6-5-7-20(14-19)16-28-26(31)13-11-22-17-30(23-8-3-2-4-9-23)29-27(22)21-10-12-24-25(15-21)33-18-32-24/h2-10,12,14-15,17H,11,13,16,18H2,1H3,(H,28,31). The minimum Gasteiger partial charge on any atom is -0.454 e. The fraction of sp³-hybridized carbons (Fsp3) is 0.185. The molecule has 1 aromatic heterocycles. The van der Waals surface area contributed by atoms with Crippen LogP contribution in [0, 0.1) is 6.92 Å². The number of nitrogens with zero attached hydrogens (tertiary/aromatic N) is 2. The van der Waals surface area contributed by atoms with Gasteiger partial charge >= 0.3 is 0 Å². The maximum Gasteiger partial charge on any atom is 0.231 e. The van der Waals surface area contributed by atoms with Gasteiger partial charge in [-0.2, -0.15) is 5.10 Å². The van der Waals surface area contributed by atoms with E-state index in [0.29, 0.717) is 25.1 Å². The predicted molar refractivity (Wildman–Crippen MR) is 126 cm³/mol. The molecule has 0 saturated heterocycles. The average Bonchev–Trinajstić information content (AvgIpc) is 3.48. The van der Waals surface area contributed by atoms with Crippen LogP contribution in [0.25, 0.3) is 16.9 Å². The molecule has 0 saturated carbocycles. The average molecular weight is 440 g/mol. The van der Waals surface area contributed by atoms with Crippen molar-refractivity contribution in [3.8, 4) is 28.4 Å². The summed E-state index contributed by atoms with van der Waals surface area (Å²) in [5.74, 6) is 1.46. The second kappa shape index (κ2) is 9.20. The SMILES string of the molecule is Cc1cccc(CNC(=O)CCc2cn(-c3ccccc3)nc2-c2ccc3c(c2)OCO3)c1. The van der Waals surface area contributed by atoms with E-state index in [-0.39, 0.29) is 12.7 Å². The summed E-state index contributed by atoms with van der Waals surface area (Å²) < 4.78 is 12.9. The highest BCUT2D eigenvalue weighted by molar-refractivity contribution is 5.77. The zero-order chi connectivity index (χ0) is 22.6. The number of amides is 1. The first-order valence-electron chi connectivity index (χ1n) is 11.0. The van der Waals surface area contributed by atoms with Crippen molar-refractivity contribution in [3.63, 3.8) is 0 Å². The van der Waals surface area contributed by atoms with Gasteiger partial charge in [-0.3, -0.25) is 4.79 Å². The number of benzene rings is 3. The maximum atomic E-state index is 12.6. The van der Waals surface area contributed by atoms with Crippen LogP contribution in [0.3, 0.4) is 0 Å². The van der Waals surface area contributed by atoms with Crippen LogP contribution in [0.5, 0.6) is 11.5 Å². The number of carbonyl (C=O) groups excluding carboxylic acids is 1. The Morgan fingerprint density at radius 1 is 1.00 bits per heavy atom. The Labute approximate surface area is 192 Å². The molecule has 2 heterocycles. The molecule has 6 heteroatoms. The highest BCUT2D eigenvalue weighted by atomic mass is 16.7. The van der Waals surface area contributed by atoms with Crippen LogP contribution in [-0.2, 0) is 17.8 Å². The topological polar surface area (TPSA) is 65.4 Å². The summed E-state index contributed by atoms with van der Waals surface area (Å²) in [6.07, 6.45) is 2.96. The van der Waals surface area contributed by atoms with E-state index in [1.54, 1.807) is 0 Å². The van der Waals surface area contributed by atoms with Crippen LogP contribution < -0.4 is 14.8 Å². The van der Waals surface area contributed by atoms with Gasteiger partial charge in [-0.25, -0.2) is 4.68 Å². The van der Waals surface area contributed by atoms with E-state index in [1.165, 1.54) is 5.56 Å². The Morgan fingerprint density at radius 2 is 1.85 bits per heavy atom. The Bertz CT molecular complexity index is 1280. The zero-order valence-electron chi connectivity index (χ0n) is 18.5. The van der Waals surface area contributed by atoms with E-state index in [1.807, 2.05) is 84.5 Å². The molecule has 1 amide bonds. The summed E-state index contributed by atoms with van der Waals surface area (Å²) >= 11 is 0. The monoisotopic (exact) mass is 439 g/mol. The summed E-state index contributed by atoms with van der Waals surface area (Å²) in [5, 5.41) is 7.87. The number of ether oxygens (including phenoxy) is 2. The Hall–Kier alpha value is -4.06. The van der Waals surface area contributed by atoms with Gasteiger partial charge in [0.1, 0.15) is 0 Å². The molecule has 1 aliphatic heterocycles. The highest BCUT2D eigenvalue weighted by Crippen LogP contribution is 2.36. The minimum atomic E-state index is 0.0144. The number of aryl methyl sites for hydroxylation is 2. The van der Waals surface area contributed by atoms with Crippen LogP contribution in [0.1, 0.15) is 23.1 Å². The largest absolute Gasteiger partial charge is 0.454 e. The maximum absolute atomic E-state index is 12.6. The van der Waals surface area contributed by atoms with Gasteiger partial charge in [-0.1, -0.05) is 48.0 Å². The van der Waals surface area contributed by atoms with Crippen LogP contribution in [0.15, 0.2) is 79.0 Å².